The first-order chi connectivity index (χ1) is 8.27. The minimum Gasteiger partial charge on any atom is -0.258 e. The van der Waals surface area contributed by atoms with Crippen LogP contribution < -0.4 is 0 Å². The molecule has 2 aromatic rings. The number of hydrogen-bond acceptors (Lipinski definition) is 2. The van der Waals surface area contributed by atoms with E-state index in [4.69, 9.17) is 0 Å². The zero-order chi connectivity index (χ0) is 12.1. The Kier molecular flexibility index (Phi) is 3.31. The van der Waals surface area contributed by atoms with Crippen LogP contribution in [0, 0.1) is 10.1 Å². The largest absolute Gasteiger partial charge is 0.276 e. The summed E-state index contributed by atoms with van der Waals surface area (Å²) in [7, 11) is 0. The predicted octanol–water partition coefficient (Wildman–Crippen LogP) is 3.77. The van der Waals surface area contributed by atoms with E-state index in [0.717, 1.165) is 5.56 Å². The Morgan fingerprint density at radius 2 is 1.53 bits per heavy atom. The van der Waals surface area contributed by atoms with Gasteiger partial charge in [-0.3, -0.25) is 10.1 Å². The van der Waals surface area contributed by atoms with Crippen LogP contribution in [-0.4, -0.2) is 4.92 Å². The van der Waals surface area contributed by atoms with Gasteiger partial charge < -0.3 is 0 Å². The van der Waals surface area contributed by atoms with Gasteiger partial charge in [-0.1, -0.05) is 48.5 Å². The summed E-state index contributed by atoms with van der Waals surface area (Å²) in [6.07, 6.45) is 3.62. The van der Waals surface area contributed by atoms with Crippen molar-refractivity contribution in [3.05, 3.63) is 75.8 Å². The zero-order valence-corrected chi connectivity index (χ0v) is 9.11. The van der Waals surface area contributed by atoms with Gasteiger partial charge in [0.2, 0.25) is 0 Å². The van der Waals surface area contributed by atoms with Gasteiger partial charge in [-0.05, 0) is 17.7 Å². The van der Waals surface area contributed by atoms with Gasteiger partial charge in [0.1, 0.15) is 0 Å². The Hall–Kier alpha value is -2.42. The molecular weight excluding hydrogens is 214 g/mol. The molecule has 3 heteroatoms. The lowest BCUT2D eigenvalue weighted by atomic mass is 10.1. The van der Waals surface area contributed by atoms with Crippen LogP contribution in [0.15, 0.2) is 54.6 Å². The molecule has 0 spiro atoms. The molecule has 0 bridgehead atoms. The van der Waals surface area contributed by atoms with Gasteiger partial charge in [0.25, 0.3) is 5.69 Å². The molecule has 17 heavy (non-hydrogen) atoms. The van der Waals surface area contributed by atoms with E-state index in [1.807, 2.05) is 36.4 Å². The second-order valence-electron chi connectivity index (χ2n) is 3.56. The van der Waals surface area contributed by atoms with E-state index in [1.165, 1.54) is 6.07 Å². The Morgan fingerprint density at radius 3 is 2.24 bits per heavy atom. The minimum atomic E-state index is -0.370. The number of rotatable bonds is 3. The molecule has 3 nitrogen and oxygen atoms in total. The first kappa shape index (κ1) is 11.1. The van der Waals surface area contributed by atoms with Crippen LogP contribution in [0.5, 0.6) is 0 Å². The topological polar surface area (TPSA) is 43.1 Å². The molecule has 0 aliphatic heterocycles. The standard InChI is InChI=1S/C14H11NO2/c16-15(17)14-9-5-4-8-13(14)11-10-12-6-2-1-3-7-12/h1-11H. The molecule has 0 radical (unpaired) electrons. The van der Waals surface area contributed by atoms with Crippen LogP contribution in [0.2, 0.25) is 0 Å². The lowest BCUT2D eigenvalue weighted by Gasteiger charge is -1.96. The number of hydrogen-bond donors (Lipinski definition) is 0. The molecule has 2 aromatic carbocycles. The van der Waals surface area contributed by atoms with Crippen LogP contribution in [0.3, 0.4) is 0 Å². The quantitative estimate of drug-likeness (QED) is 0.453. The fraction of sp³-hybridized carbons (Fsp3) is 0. The summed E-state index contributed by atoms with van der Waals surface area (Å²) in [6.45, 7) is 0. The second-order valence-corrected chi connectivity index (χ2v) is 3.56. The van der Waals surface area contributed by atoms with Crippen molar-refractivity contribution in [3.63, 3.8) is 0 Å². The number of benzene rings is 2. The Balaban J connectivity index is 2.30. The molecule has 0 aromatic heterocycles. The number of nitro benzene ring substituents is 1. The molecule has 0 unspecified atom stereocenters. The molecule has 0 aliphatic carbocycles. The van der Waals surface area contributed by atoms with Gasteiger partial charge >= 0.3 is 0 Å². The zero-order valence-electron chi connectivity index (χ0n) is 9.11. The van der Waals surface area contributed by atoms with Crippen LogP contribution in [0.1, 0.15) is 11.1 Å². The normalized spacial score (nSPS) is 10.6. The van der Waals surface area contributed by atoms with Crippen molar-refractivity contribution < 1.29 is 4.92 Å². The highest BCUT2D eigenvalue weighted by Gasteiger charge is 2.08. The maximum atomic E-state index is 10.8. The molecule has 0 saturated carbocycles. The molecule has 0 amide bonds. The lowest BCUT2D eigenvalue weighted by molar-refractivity contribution is -0.385. The van der Waals surface area contributed by atoms with Crippen molar-refractivity contribution in [2.45, 2.75) is 0 Å². The van der Waals surface area contributed by atoms with E-state index in [9.17, 15) is 10.1 Å². The Bertz CT molecular complexity index is 547. The minimum absolute atomic E-state index is 0.125. The van der Waals surface area contributed by atoms with Crippen molar-refractivity contribution in [2.24, 2.45) is 0 Å². The number of nitrogens with zero attached hydrogens (tertiary/aromatic N) is 1. The van der Waals surface area contributed by atoms with Crippen LogP contribution in [-0.2, 0) is 0 Å². The SMILES string of the molecule is O=[N+]([O-])c1ccccc1C=Cc1ccccc1. The molecule has 0 aliphatic rings. The predicted molar refractivity (Wildman–Crippen MR) is 68.5 cm³/mol. The van der Waals surface area contributed by atoms with Crippen LogP contribution >= 0.6 is 0 Å². The van der Waals surface area contributed by atoms with Gasteiger partial charge in [0, 0.05) is 6.07 Å². The molecule has 2 rings (SSSR count). The molecule has 0 saturated heterocycles. The van der Waals surface area contributed by atoms with E-state index >= 15 is 0 Å². The lowest BCUT2D eigenvalue weighted by Crippen LogP contribution is -1.90. The van der Waals surface area contributed by atoms with Crippen molar-refractivity contribution in [3.8, 4) is 0 Å². The third-order valence-corrected chi connectivity index (χ3v) is 2.39. The maximum absolute atomic E-state index is 10.8. The summed E-state index contributed by atoms with van der Waals surface area (Å²) in [5.74, 6) is 0. The summed E-state index contributed by atoms with van der Waals surface area (Å²) < 4.78 is 0. The third kappa shape index (κ3) is 2.78. The van der Waals surface area contributed by atoms with Crippen LogP contribution in [0.4, 0.5) is 5.69 Å². The van der Waals surface area contributed by atoms with Crippen molar-refractivity contribution in [1.29, 1.82) is 0 Å². The molecular formula is C14H11NO2. The van der Waals surface area contributed by atoms with E-state index in [2.05, 4.69) is 0 Å². The molecule has 0 atom stereocenters. The van der Waals surface area contributed by atoms with Gasteiger partial charge in [-0.2, -0.15) is 0 Å². The smallest absolute Gasteiger partial charge is 0.258 e. The molecule has 0 heterocycles. The summed E-state index contributed by atoms with van der Waals surface area (Å²) in [6, 6.07) is 16.4. The average molecular weight is 225 g/mol. The average Bonchev–Trinajstić information content (AvgIpc) is 2.38. The summed E-state index contributed by atoms with van der Waals surface area (Å²) in [4.78, 5) is 10.4. The second kappa shape index (κ2) is 5.07. The first-order valence-corrected chi connectivity index (χ1v) is 5.24. The monoisotopic (exact) mass is 225 g/mol. The van der Waals surface area contributed by atoms with Crippen molar-refractivity contribution in [1.82, 2.24) is 0 Å². The Labute approximate surface area is 99.2 Å². The number of nitro groups is 1. The maximum Gasteiger partial charge on any atom is 0.276 e. The molecule has 0 fully saturated rings. The van der Waals surface area contributed by atoms with E-state index in [1.54, 1.807) is 24.3 Å². The highest BCUT2D eigenvalue weighted by Crippen LogP contribution is 2.20. The highest BCUT2D eigenvalue weighted by atomic mass is 16.6. The van der Waals surface area contributed by atoms with Crippen molar-refractivity contribution in [2.75, 3.05) is 0 Å². The number of para-hydroxylation sites is 1. The molecule has 84 valence electrons. The van der Waals surface area contributed by atoms with Crippen LogP contribution in [0.25, 0.3) is 12.2 Å². The van der Waals surface area contributed by atoms with Gasteiger partial charge in [0.15, 0.2) is 0 Å². The summed E-state index contributed by atoms with van der Waals surface area (Å²) >= 11 is 0. The van der Waals surface area contributed by atoms with Gasteiger partial charge in [-0.15, -0.1) is 0 Å². The Morgan fingerprint density at radius 1 is 0.882 bits per heavy atom. The van der Waals surface area contributed by atoms with E-state index < -0.39 is 0 Å². The summed E-state index contributed by atoms with van der Waals surface area (Å²) in [5.41, 5.74) is 1.76. The fourth-order valence-corrected chi connectivity index (χ4v) is 1.54. The van der Waals surface area contributed by atoms with Gasteiger partial charge in [-0.25, -0.2) is 0 Å². The highest BCUT2D eigenvalue weighted by molar-refractivity contribution is 5.73. The third-order valence-electron chi connectivity index (χ3n) is 2.39. The fourth-order valence-electron chi connectivity index (χ4n) is 1.54. The van der Waals surface area contributed by atoms with E-state index in [0.29, 0.717) is 5.56 Å². The summed E-state index contributed by atoms with van der Waals surface area (Å²) in [5, 5.41) is 10.8. The first-order valence-electron chi connectivity index (χ1n) is 5.24. The molecule has 0 N–H and O–H groups in total. The van der Waals surface area contributed by atoms with E-state index in [-0.39, 0.29) is 10.6 Å². The van der Waals surface area contributed by atoms with Crippen molar-refractivity contribution >= 4 is 17.8 Å². The van der Waals surface area contributed by atoms with Gasteiger partial charge in [0.05, 0.1) is 10.5 Å².